The van der Waals surface area contributed by atoms with Gasteiger partial charge in [-0.15, -0.1) is 0 Å². The third-order valence-corrected chi connectivity index (χ3v) is 3.13. The topological polar surface area (TPSA) is 72.9 Å². The van der Waals surface area contributed by atoms with Crippen LogP contribution in [0.4, 0.5) is 0 Å². The van der Waals surface area contributed by atoms with Gasteiger partial charge in [0.05, 0.1) is 12.1 Å². The molecule has 0 aromatic carbocycles. The molecule has 0 radical (unpaired) electrons. The zero-order valence-corrected chi connectivity index (χ0v) is 9.35. The largest absolute Gasteiger partial charge is 0.353 e. The molecule has 1 heterocycles. The molecule has 1 saturated carbocycles. The van der Waals surface area contributed by atoms with Crippen LogP contribution in [0, 0.1) is 0 Å². The lowest BCUT2D eigenvalue weighted by Crippen LogP contribution is -2.52. The Bertz CT molecular complexity index is 341. The van der Waals surface area contributed by atoms with Crippen molar-refractivity contribution in [3.05, 3.63) is 18.5 Å². The molecule has 1 aromatic heterocycles. The second-order valence-electron chi connectivity index (χ2n) is 4.39. The van der Waals surface area contributed by atoms with E-state index in [1.54, 1.807) is 10.9 Å². The molecule has 1 aromatic rings. The van der Waals surface area contributed by atoms with Crippen molar-refractivity contribution in [3.8, 4) is 0 Å². The van der Waals surface area contributed by atoms with Gasteiger partial charge >= 0.3 is 0 Å². The highest BCUT2D eigenvalue weighted by Gasteiger charge is 2.36. The molecular formula is C11H18N4O. The van der Waals surface area contributed by atoms with Gasteiger partial charge in [-0.2, -0.15) is 5.10 Å². The number of carbonyl (C=O) groups excluding carboxylic acids is 1. The van der Waals surface area contributed by atoms with Crippen LogP contribution in [0.3, 0.4) is 0 Å². The Balaban J connectivity index is 1.75. The molecule has 1 aliphatic carbocycles. The number of nitrogens with zero attached hydrogens (tertiary/aromatic N) is 2. The number of rotatable bonds is 4. The second kappa shape index (κ2) is 4.65. The minimum atomic E-state index is -0.621. The number of amides is 1. The average Bonchev–Trinajstić information content (AvgIpc) is 2.90. The number of hydrogen-bond donors (Lipinski definition) is 2. The van der Waals surface area contributed by atoms with Gasteiger partial charge in [0, 0.05) is 18.9 Å². The maximum atomic E-state index is 11.8. The first-order chi connectivity index (χ1) is 7.71. The SMILES string of the molecule is NC1(C(=O)NCCn2cccn2)CCCC1. The Morgan fingerprint density at radius 1 is 1.50 bits per heavy atom. The smallest absolute Gasteiger partial charge is 0.240 e. The molecule has 16 heavy (non-hydrogen) atoms. The number of carbonyl (C=O) groups is 1. The van der Waals surface area contributed by atoms with Crippen molar-refractivity contribution in [2.75, 3.05) is 6.54 Å². The molecule has 5 heteroatoms. The first-order valence-electron chi connectivity index (χ1n) is 5.75. The lowest BCUT2D eigenvalue weighted by molar-refractivity contribution is -0.126. The van der Waals surface area contributed by atoms with Gasteiger partial charge in [-0.1, -0.05) is 12.8 Å². The average molecular weight is 222 g/mol. The van der Waals surface area contributed by atoms with E-state index in [4.69, 9.17) is 5.73 Å². The molecule has 0 unspecified atom stereocenters. The van der Waals surface area contributed by atoms with E-state index in [0.29, 0.717) is 13.1 Å². The maximum absolute atomic E-state index is 11.8. The van der Waals surface area contributed by atoms with E-state index in [0.717, 1.165) is 25.7 Å². The molecule has 0 bridgehead atoms. The summed E-state index contributed by atoms with van der Waals surface area (Å²) in [5.41, 5.74) is 5.41. The summed E-state index contributed by atoms with van der Waals surface area (Å²) in [6.45, 7) is 1.27. The van der Waals surface area contributed by atoms with E-state index in [1.165, 1.54) is 0 Å². The van der Waals surface area contributed by atoms with Crippen molar-refractivity contribution in [2.45, 2.75) is 37.8 Å². The van der Waals surface area contributed by atoms with Gasteiger partial charge < -0.3 is 11.1 Å². The predicted molar refractivity (Wildman–Crippen MR) is 60.6 cm³/mol. The Labute approximate surface area is 95.0 Å². The highest BCUT2D eigenvalue weighted by molar-refractivity contribution is 5.86. The summed E-state index contributed by atoms with van der Waals surface area (Å²) < 4.78 is 1.79. The fraction of sp³-hybridized carbons (Fsp3) is 0.636. The van der Waals surface area contributed by atoms with Crippen molar-refractivity contribution in [1.82, 2.24) is 15.1 Å². The Kier molecular flexibility index (Phi) is 3.24. The summed E-state index contributed by atoms with van der Waals surface area (Å²) in [6.07, 6.45) is 7.33. The number of nitrogens with one attached hydrogen (secondary N) is 1. The van der Waals surface area contributed by atoms with Crippen LogP contribution < -0.4 is 11.1 Å². The fourth-order valence-corrected chi connectivity index (χ4v) is 2.13. The minimum Gasteiger partial charge on any atom is -0.353 e. The third kappa shape index (κ3) is 2.41. The molecule has 0 atom stereocenters. The van der Waals surface area contributed by atoms with E-state index < -0.39 is 5.54 Å². The molecule has 0 saturated heterocycles. The van der Waals surface area contributed by atoms with Crippen LogP contribution in [0.1, 0.15) is 25.7 Å². The first kappa shape index (κ1) is 11.1. The predicted octanol–water partition coefficient (Wildman–Crippen LogP) is 0.271. The summed E-state index contributed by atoms with van der Waals surface area (Å²) in [5, 5.41) is 6.94. The van der Waals surface area contributed by atoms with Crippen molar-refractivity contribution >= 4 is 5.91 Å². The molecule has 3 N–H and O–H groups in total. The molecule has 88 valence electrons. The van der Waals surface area contributed by atoms with E-state index in [-0.39, 0.29) is 5.91 Å². The van der Waals surface area contributed by atoms with Crippen LogP contribution in [0.15, 0.2) is 18.5 Å². The van der Waals surface area contributed by atoms with Crippen LogP contribution >= 0.6 is 0 Å². The van der Waals surface area contributed by atoms with E-state index in [1.807, 2.05) is 12.3 Å². The summed E-state index contributed by atoms with van der Waals surface area (Å²) in [6, 6.07) is 1.86. The Morgan fingerprint density at radius 3 is 2.88 bits per heavy atom. The molecule has 0 aliphatic heterocycles. The molecule has 1 aliphatic rings. The van der Waals surface area contributed by atoms with Gasteiger partial charge in [-0.05, 0) is 18.9 Å². The van der Waals surface area contributed by atoms with Crippen LogP contribution in [-0.2, 0) is 11.3 Å². The van der Waals surface area contributed by atoms with Gasteiger partial charge in [0.15, 0.2) is 0 Å². The Morgan fingerprint density at radius 2 is 2.25 bits per heavy atom. The van der Waals surface area contributed by atoms with Crippen LogP contribution in [0.2, 0.25) is 0 Å². The lowest BCUT2D eigenvalue weighted by Gasteiger charge is -2.22. The number of aromatic nitrogens is 2. The molecular weight excluding hydrogens is 204 g/mol. The summed E-state index contributed by atoms with van der Waals surface area (Å²) in [5.74, 6) is -0.0165. The van der Waals surface area contributed by atoms with Crippen molar-refractivity contribution in [3.63, 3.8) is 0 Å². The van der Waals surface area contributed by atoms with Gasteiger partial charge in [-0.25, -0.2) is 0 Å². The number of nitrogens with two attached hydrogens (primary N) is 1. The van der Waals surface area contributed by atoms with E-state index in [2.05, 4.69) is 10.4 Å². The third-order valence-electron chi connectivity index (χ3n) is 3.13. The van der Waals surface area contributed by atoms with Crippen molar-refractivity contribution in [1.29, 1.82) is 0 Å². The van der Waals surface area contributed by atoms with Crippen molar-refractivity contribution in [2.24, 2.45) is 5.73 Å². The first-order valence-corrected chi connectivity index (χ1v) is 5.75. The second-order valence-corrected chi connectivity index (χ2v) is 4.39. The van der Waals surface area contributed by atoms with Gasteiger partial charge in [0.1, 0.15) is 0 Å². The standard InChI is InChI=1S/C11H18N4O/c12-11(4-1-2-5-11)10(16)13-7-9-15-8-3-6-14-15/h3,6,8H,1-2,4-5,7,9,12H2,(H,13,16). The highest BCUT2D eigenvalue weighted by atomic mass is 16.2. The zero-order valence-electron chi connectivity index (χ0n) is 9.35. The zero-order chi connectivity index (χ0) is 11.4. The van der Waals surface area contributed by atoms with Gasteiger partial charge in [0.2, 0.25) is 5.91 Å². The molecule has 1 amide bonds. The fourth-order valence-electron chi connectivity index (χ4n) is 2.13. The summed E-state index contributed by atoms with van der Waals surface area (Å²) in [7, 11) is 0. The molecule has 2 rings (SSSR count). The summed E-state index contributed by atoms with van der Waals surface area (Å²) in [4.78, 5) is 11.8. The molecule has 5 nitrogen and oxygen atoms in total. The Hall–Kier alpha value is -1.36. The minimum absolute atomic E-state index is 0.0165. The quantitative estimate of drug-likeness (QED) is 0.768. The van der Waals surface area contributed by atoms with E-state index >= 15 is 0 Å². The van der Waals surface area contributed by atoms with Gasteiger partial charge in [-0.3, -0.25) is 9.48 Å². The molecule has 0 spiro atoms. The normalized spacial score (nSPS) is 18.6. The van der Waals surface area contributed by atoms with Gasteiger partial charge in [0.25, 0.3) is 0 Å². The lowest BCUT2D eigenvalue weighted by atomic mass is 9.98. The monoisotopic (exact) mass is 222 g/mol. The maximum Gasteiger partial charge on any atom is 0.240 e. The van der Waals surface area contributed by atoms with Crippen LogP contribution in [0.25, 0.3) is 0 Å². The van der Waals surface area contributed by atoms with E-state index in [9.17, 15) is 4.79 Å². The summed E-state index contributed by atoms with van der Waals surface area (Å²) >= 11 is 0. The molecule has 1 fully saturated rings. The van der Waals surface area contributed by atoms with Crippen molar-refractivity contribution < 1.29 is 4.79 Å². The highest BCUT2D eigenvalue weighted by Crippen LogP contribution is 2.26. The van der Waals surface area contributed by atoms with Crippen LogP contribution in [0.5, 0.6) is 0 Å². The number of hydrogen-bond acceptors (Lipinski definition) is 3. The van der Waals surface area contributed by atoms with Crippen LogP contribution in [-0.4, -0.2) is 27.8 Å².